The largest absolute Gasteiger partial charge is 0.497 e. The lowest BCUT2D eigenvalue weighted by Gasteiger charge is -2.11. The molecule has 0 radical (unpaired) electrons. The molecule has 0 atom stereocenters. The Balaban J connectivity index is 1.96. The number of fused-ring (bicyclic) bond motifs is 3. The highest BCUT2D eigenvalue weighted by Gasteiger charge is 2.28. The molecule has 5 rings (SSSR count). The van der Waals surface area contributed by atoms with E-state index in [-0.39, 0.29) is 0 Å². The fraction of sp³-hybridized carbons (Fsp3) is 0.0800. The predicted molar refractivity (Wildman–Crippen MR) is 117 cm³/mol. The number of benzene rings is 3. The lowest BCUT2D eigenvalue weighted by atomic mass is 10.0. The van der Waals surface area contributed by atoms with Crippen molar-refractivity contribution in [1.82, 2.24) is 4.57 Å². The zero-order valence-electron chi connectivity index (χ0n) is 16.6. The number of aromatic nitrogens is 1. The van der Waals surface area contributed by atoms with Crippen molar-refractivity contribution in [1.29, 1.82) is 0 Å². The van der Waals surface area contributed by atoms with Crippen molar-refractivity contribution in [2.45, 2.75) is 0 Å². The van der Waals surface area contributed by atoms with Gasteiger partial charge in [0.05, 0.1) is 25.5 Å². The average Bonchev–Trinajstić information content (AvgIpc) is 3.33. The van der Waals surface area contributed by atoms with Gasteiger partial charge < -0.3 is 13.9 Å². The number of carbonyl (C=O) groups is 1. The van der Waals surface area contributed by atoms with Crippen molar-refractivity contribution >= 4 is 28.2 Å². The number of furan rings is 1. The van der Waals surface area contributed by atoms with Gasteiger partial charge in [-0.25, -0.2) is 9.36 Å². The summed E-state index contributed by atoms with van der Waals surface area (Å²) in [5.74, 6) is 0.741. The third-order valence-corrected chi connectivity index (χ3v) is 5.26. The van der Waals surface area contributed by atoms with Gasteiger partial charge in [0.1, 0.15) is 16.8 Å². The van der Waals surface area contributed by atoms with Gasteiger partial charge in [-0.1, -0.05) is 42.5 Å². The van der Waals surface area contributed by atoms with Crippen LogP contribution >= 0.6 is 0 Å². The molecule has 3 aromatic carbocycles. The molecule has 5 nitrogen and oxygen atoms in total. The van der Waals surface area contributed by atoms with Crippen LogP contribution in [-0.2, 0) is 4.74 Å². The van der Waals surface area contributed by atoms with E-state index in [0.29, 0.717) is 11.1 Å². The van der Waals surface area contributed by atoms with E-state index in [0.717, 1.165) is 39.1 Å². The molecule has 0 aliphatic heterocycles. The van der Waals surface area contributed by atoms with Crippen LogP contribution in [0.25, 0.3) is 44.5 Å². The Morgan fingerprint density at radius 2 is 1.53 bits per heavy atom. The molecule has 0 N–H and O–H groups in total. The molecule has 0 aliphatic rings. The first-order valence-electron chi connectivity index (χ1n) is 9.57. The minimum Gasteiger partial charge on any atom is -0.497 e. The first-order chi connectivity index (χ1) is 14.7. The van der Waals surface area contributed by atoms with Crippen LogP contribution in [0.15, 0.2) is 83.3 Å². The van der Waals surface area contributed by atoms with Gasteiger partial charge in [-0.2, -0.15) is 0 Å². The Kier molecular flexibility index (Phi) is 4.29. The molecule has 0 amide bonds. The Bertz CT molecular complexity index is 1360. The minimum absolute atomic E-state index is 0.473. The highest BCUT2D eigenvalue weighted by atomic mass is 16.5. The summed E-state index contributed by atoms with van der Waals surface area (Å²) in [6, 6.07) is 25.2. The molecular formula is C25H19NO4. The molecule has 2 heterocycles. The average molecular weight is 397 g/mol. The summed E-state index contributed by atoms with van der Waals surface area (Å²) in [4.78, 5) is 13.0. The Morgan fingerprint density at radius 3 is 2.23 bits per heavy atom. The monoisotopic (exact) mass is 397 g/mol. The molecule has 0 fully saturated rings. The molecule has 0 unspecified atom stereocenters. The molecular weight excluding hydrogens is 378 g/mol. The van der Waals surface area contributed by atoms with E-state index in [9.17, 15) is 4.79 Å². The van der Waals surface area contributed by atoms with Crippen LogP contribution in [0, 0.1) is 0 Å². The summed E-state index contributed by atoms with van der Waals surface area (Å²) < 4.78 is 18.3. The van der Waals surface area contributed by atoms with Gasteiger partial charge in [0, 0.05) is 5.39 Å². The normalized spacial score (nSPS) is 11.1. The molecule has 5 heteroatoms. The predicted octanol–water partition coefficient (Wildman–Crippen LogP) is 6.34. The van der Waals surface area contributed by atoms with Crippen LogP contribution in [0.5, 0.6) is 5.75 Å². The van der Waals surface area contributed by atoms with Crippen LogP contribution in [0.4, 0.5) is 4.79 Å². The number of methoxy groups -OCH3 is 2. The number of hydrogen-bond donors (Lipinski definition) is 0. The molecule has 5 aromatic rings. The summed E-state index contributed by atoms with van der Waals surface area (Å²) >= 11 is 0. The number of carbonyl (C=O) groups excluding carboxylic acids is 1. The molecule has 0 aliphatic carbocycles. The van der Waals surface area contributed by atoms with Gasteiger partial charge in [0.15, 0.2) is 5.58 Å². The lowest BCUT2D eigenvalue weighted by Crippen LogP contribution is -2.12. The first-order valence-corrected chi connectivity index (χ1v) is 9.57. The second-order valence-corrected chi connectivity index (χ2v) is 6.90. The highest BCUT2D eigenvalue weighted by molar-refractivity contribution is 6.16. The van der Waals surface area contributed by atoms with Gasteiger partial charge >= 0.3 is 6.09 Å². The van der Waals surface area contributed by atoms with Gasteiger partial charge in [0.2, 0.25) is 0 Å². The SMILES string of the molecule is COC(=O)n1c(-c2ccc(OC)cc2)c(-c2ccccc2)c2oc3ccccc3c21. The fourth-order valence-electron chi connectivity index (χ4n) is 3.92. The summed E-state index contributed by atoms with van der Waals surface area (Å²) in [6.07, 6.45) is -0.473. The molecule has 0 spiro atoms. The molecule has 2 aromatic heterocycles. The van der Waals surface area contributed by atoms with Gasteiger partial charge in [0.25, 0.3) is 0 Å². The van der Waals surface area contributed by atoms with Crippen molar-refractivity contribution in [3.05, 3.63) is 78.9 Å². The van der Waals surface area contributed by atoms with Gasteiger partial charge in [-0.15, -0.1) is 0 Å². The highest BCUT2D eigenvalue weighted by Crippen LogP contribution is 2.45. The van der Waals surface area contributed by atoms with Crippen LogP contribution in [0.3, 0.4) is 0 Å². The first kappa shape index (κ1) is 18.1. The van der Waals surface area contributed by atoms with E-state index < -0.39 is 6.09 Å². The maximum Gasteiger partial charge on any atom is 0.418 e. The number of nitrogens with zero attached hydrogens (tertiary/aromatic N) is 1. The zero-order valence-corrected chi connectivity index (χ0v) is 16.6. The summed E-state index contributed by atoms with van der Waals surface area (Å²) in [7, 11) is 3.01. The molecule has 0 saturated heterocycles. The van der Waals surface area contributed by atoms with E-state index in [1.807, 2.05) is 78.9 Å². The number of para-hydroxylation sites is 1. The van der Waals surface area contributed by atoms with Crippen LogP contribution in [0.1, 0.15) is 0 Å². The number of hydrogen-bond acceptors (Lipinski definition) is 4. The third-order valence-electron chi connectivity index (χ3n) is 5.26. The summed E-state index contributed by atoms with van der Waals surface area (Å²) in [5, 5.41) is 0.856. The van der Waals surface area contributed by atoms with Crippen molar-refractivity contribution in [2.75, 3.05) is 14.2 Å². The standard InChI is InChI=1S/C25H19NO4/c1-28-18-14-12-17(13-15-18)22-21(16-8-4-3-5-9-16)24-23(26(22)25(27)29-2)19-10-6-7-11-20(19)30-24/h3-15H,1-2H3. The van der Waals surface area contributed by atoms with E-state index in [2.05, 4.69) is 0 Å². The molecule has 30 heavy (non-hydrogen) atoms. The smallest absolute Gasteiger partial charge is 0.418 e. The molecule has 0 saturated carbocycles. The second kappa shape index (κ2) is 7.12. The third kappa shape index (κ3) is 2.67. The van der Waals surface area contributed by atoms with Crippen LogP contribution in [-0.4, -0.2) is 24.9 Å². The maximum atomic E-state index is 13.0. The minimum atomic E-state index is -0.473. The Labute approximate surface area is 173 Å². The zero-order chi connectivity index (χ0) is 20.7. The van der Waals surface area contributed by atoms with Crippen LogP contribution < -0.4 is 4.74 Å². The number of rotatable bonds is 3. The fourth-order valence-corrected chi connectivity index (χ4v) is 3.92. The van der Waals surface area contributed by atoms with Crippen molar-refractivity contribution in [2.24, 2.45) is 0 Å². The van der Waals surface area contributed by atoms with Gasteiger partial charge in [-0.05, 0) is 47.5 Å². The quantitative estimate of drug-likeness (QED) is 0.356. The van der Waals surface area contributed by atoms with E-state index in [1.54, 1.807) is 11.7 Å². The van der Waals surface area contributed by atoms with E-state index in [1.165, 1.54) is 7.11 Å². The van der Waals surface area contributed by atoms with E-state index >= 15 is 0 Å². The van der Waals surface area contributed by atoms with Crippen molar-refractivity contribution < 1.29 is 18.7 Å². The van der Waals surface area contributed by atoms with Crippen molar-refractivity contribution in [3.63, 3.8) is 0 Å². The Hall–Kier alpha value is -3.99. The second-order valence-electron chi connectivity index (χ2n) is 6.90. The summed E-state index contributed by atoms with van der Waals surface area (Å²) in [6.45, 7) is 0. The maximum absolute atomic E-state index is 13.0. The number of ether oxygens (including phenoxy) is 2. The van der Waals surface area contributed by atoms with E-state index in [4.69, 9.17) is 13.9 Å². The van der Waals surface area contributed by atoms with Crippen LogP contribution in [0.2, 0.25) is 0 Å². The van der Waals surface area contributed by atoms with Crippen molar-refractivity contribution in [3.8, 4) is 28.1 Å². The lowest BCUT2D eigenvalue weighted by molar-refractivity contribution is 0.174. The topological polar surface area (TPSA) is 53.6 Å². The van der Waals surface area contributed by atoms with Gasteiger partial charge in [-0.3, -0.25) is 0 Å². The molecule has 0 bridgehead atoms. The summed E-state index contributed by atoms with van der Waals surface area (Å²) in [5.41, 5.74) is 5.44. The Morgan fingerprint density at radius 1 is 0.833 bits per heavy atom. The molecule has 148 valence electrons.